The molecule has 0 bridgehead atoms. The zero-order valence-corrected chi connectivity index (χ0v) is 19.8. The van der Waals surface area contributed by atoms with Gasteiger partial charge in [-0.25, -0.2) is 0 Å². The van der Waals surface area contributed by atoms with E-state index in [1.807, 2.05) is 13.1 Å². The van der Waals surface area contributed by atoms with Crippen LogP contribution in [0.2, 0.25) is 0 Å². The summed E-state index contributed by atoms with van der Waals surface area (Å²) in [5.74, 6) is -3.94. The maximum absolute atomic E-state index is 13.8. The fourth-order valence-corrected chi connectivity index (χ4v) is 6.89. The van der Waals surface area contributed by atoms with Gasteiger partial charge in [0.1, 0.15) is 11.5 Å². The molecule has 0 amide bonds. The number of rotatable bonds is 3. The molecular weight excluding hydrogens is 452 g/mol. The monoisotopic (exact) mass is 482 g/mol. The summed E-state index contributed by atoms with van der Waals surface area (Å²) in [4.78, 5) is 41.9. The summed E-state index contributed by atoms with van der Waals surface area (Å²) in [5, 5.41) is 46.2. The Bertz CT molecular complexity index is 1220. The largest absolute Gasteiger partial charge is 0.515 e. The number of ketones is 3. The number of phenolic OH excluding ortho intramolecular Hbond substituents is 1. The highest BCUT2D eigenvalue weighted by molar-refractivity contribution is 6.35. The third kappa shape index (κ3) is 3.08. The number of nitrogens with zero attached hydrogens (tertiary/aromatic N) is 1. The predicted molar refractivity (Wildman–Crippen MR) is 126 cm³/mol. The number of fused-ring (bicyclic) bond motifs is 3. The van der Waals surface area contributed by atoms with Crippen molar-refractivity contribution >= 4 is 23.1 Å². The lowest BCUT2D eigenvalue weighted by atomic mass is 9.49. The van der Waals surface area contributed by atoms with Gasteiger partial charge in [-0.3, -0.25) is 19.3 Å². The Hall–Kier alpha value is -3.01. The van der Waals surface area contributed by atoms with Crippen molar-refractivity contribution in [3.05, 3.63) is 46.2 Å². The zero-order chi connectivity index (χ0) is 25.3. The van der Waals surface area contributed by atoms with Crippen LogP contribution in [0.3, 0.4) is 0 Å². The van der Waals surface area contributed by atoms with Crippen LogP contribution in [0, 0.1) is 11.3 Å². The van der Waals surface area contributed by atoms with Gasteiger partial charge in [-0.05, 0) is 69.4 Å². The van der Waals surface area contributed by atoms with E-state index in [9.17, 15) is 34.8 Å². The van der Waals surface area contributed by atoms with Crippen molar-refractivity contribution in [2.45, 2.75) is 43.7 Å². The highest BCUT2D eigenvalue weighted by atomic mass is 16.3. The van der Waals surface area contributed by atoms with Gasteiger partial charge >= 0.3 is 0 Å². The second kappa shape index (κ2) is 8.01. The molecule has 2 unspecified atom stereocenters. The average molecular weight is 483 g/mol. The van der Waals surface area contributed by atoms with Crippen LogP contribution in [0.1, 0.15) is 48.4 Å². The van der Waals surface area contributed by atoms with Crippen LogP contribution in [0.5, 0.6) is 5.75 Å². The van der Waals surface area contributed by atoms with Crippen molar-refractivity contribution in [3.8, 4) is 5.75 Å². The first-order chi connectivity index (χ1) is 16.6. The highest BCUT2D eigenvalue weighted by Gasteiger charge is 2.69. The molecule has 2 saturated carbocycles. The summed E-state index contributed by atoms with van der Waals surface area (Å²) in [6.07, 6.45) is 2.44. The van der Waals surface area contributed by atoms with Gasteiger partial charge in [-0.1, -0.05) is 6.07 Å². The van der Waals surface area contributed by atoms with E-state index in [-0.39, 0.29) is 42.3 Å². The summed E-state index contributed by atoms with van der Waals surface area (Å²) in [5.41, 5.74) is -3.05. The molecule has 1 heterocycles. The summed E-state index contributed by atoms with van der Waals surface area (Å²) >= 11 is 0. The minimum Gasteiger partial charge on any atom is -0.515 e. The molecule has 9 heteroatoms. The number of carbonyl (C=O) groups excluding carboxylic acids is 3. The lowest BCUT2D eigenvalue weighted by molar-refractivity contribution is -0.173. The van der Waals surface area contributed by atoms with Crippen LogP contribution >= 0.6 is 0 Å². The van der Waals surface area contributed by atoms with E-state index in [0.717, 1.165) is 24.9 Å². The molecule has 1 saturated heterocycles. The Morgan fingerprint density at radius 2 is 1.94 bits per heavy atom. The third-order valence-electron chi connectivity index (χ3n) is 8.49. The van der Waals surface area contributed by atoms with Gasteiger partial charge in [0.2, 0.25) is 11.6 Å². The van der Waals surface area contributed by atoms with Crippen LogP contribution in [0.15, 0.2) is 29.5 Å². The van der Waals surface area contributed by atoms with Crippen LogP contribution in [-0.2, 0) is 20.8 Å². The van der Waals surface area contributed by atoms with Crippen molar-refractivity contribution in [1.29, 1.82) is 0 Å². The maximum atomic E-state index is 13.8. The molecule has 4 aliphatic rings. The minimum absolute atomic E-state index is 0.0149. The van der Waals surface area contributed by atoms with E-state index in [1.165, 1.54) is 0 Å². The molecular formula is C26H30N2O7. The number of aromatic hydroxyl groups is 1. The number of hydrogen-bond donors (Lipinski definition) is 5. The van der Waals surface area contributed by atoms with Gasteiger partial charge < -0.3 is 25.7 Å². The van der Waals surface area contributed by atoms with E-state index in [4.69, 9.17) is 0 Å². The lowest BCUT2D eigenvalue weighted by Gasteiger charge is -2.54. The molecule has 35 heavy (non-hydrogen) atoms. The van der Waals surface area contributed by atoms with Crippen molar-refractivity contribution in [1.82, 2.24) is 10.2 Å². The first-order valence-corrected chi connectivity index (χ1v) is 11.9. The molecule has 1 aromatic carbocycles. The Morgan fingerprint density at radius 3 is 2.57 bits per heavy atom. The average Bonchev–Trinajstić information content (AvgIpc) is 3.22. The fourth-order valence-electron chi connectivity index (χ4n) is 6.89. The van der Waals surface area contributed by atoms with Crippen LogP contribution < -0.4 is 5.32 Å². The van der Waals surface area contributed by atoms with Crippen LogP contribution in [-0.4, -0.2) is 75.5 Å². The molecule has 3 aliphatic carbocycles. The summed E-state index contributed by atoms with van der Waals surface area (Å²) in [6, 6.07) is 3.70. The number of aliphatic hydroxyl groups is 3. The smallest absolute Gasteiger partial charge is 0.209 e. The third-order valence-corrected chi connectivity index (χ3v) is 8.49. The van der Waals surface area contributed by atoms with Crippen LogP contribution in [0.4, 0.5) is 0 Å². The van der Waals surface area contributed by atoms with Crippen molar-refractivity contribution in [2.24, 2.45) is 11.3 Å². The van der Waals surface area contributed by atoms with E-state index in [1.54, 1.807) is 13.1 Å². The molecule has 4 atom stereocenters. The molecule has 0 spiro atoms. The van der Waals surface area contributed by atoms with Gasteiger partial charge in [0.25, 0.3) is 0 Å². The maximum Gasteiger partial charge on any atom is 0.209 e. The minimum atomic E-state index is -2.63. The Kier molecular flexibility index (Phi) is 5.43. The van der Waals surface area contributed by atoms with Gasteiger partial charge in [-0.2, -0.15) is 0 Å². The molecule has 9 nitrogen and oxygen atoms in total. The number of nitrogens with one attached hydrogen (secondary N) is 1. The van der Waals surface area contributed by atoms with Crippen LogP contribution in [0.25, 0.3) is 5.76 Å². The molecule has 1 aliphatic heterocycles. The number of benzene rings is 1. The molecule has 1 aromatic rings. The molecule has 3 fully saturated rings. The van der Waals surface area contributed by atoms with E-state index in [0.29, 0.717) is 18.2 Å². The van der Waals surface area contributed by atoms with Gasteiger partial charge in [0.05, 0.1) is 17.4 Å². The van der Waals surface area contributed by atoms with E-state index in [2.05, 4.69) is 10.2 Å². The van der Waals surface area contributed by atoms with E-state index < -0.39 is 45.6 Å². The SMILES string of the molecule is CNC[C@]12CC(=O)C(=CO)C(=O)[C@@]1(O)C(=O)C1=C(O)c3c(O)cc(C4CCCN4C)cc3CC1C2. The Morgan fingerprint density at radius 1 is 1.20 bits per heavy atom. The fraction of sp³-hybridized carbons (Fsp3) is 0.500. The molecule has 0 radical (unpaired) electrons. The number of carbonyl (C=O) groups is 3. The standard InChI is InChI=1S/C26H30N2O7/c1-27-12-25-9-15-7-14-6-13(17-4-3-5-28(17)2)8-18(30)20(14)22(32)21(15)24(34)26(25,35)23(33)16(11-29)19(31)10-25/h6,8,11,15,17,27,29-30,32,35H,3-5,7,9-10,12H2,1-2H3/t15?,17?,25-,26+/m0/s1. The number of aliphatic hydroxyl groups excluding tert-OH is 2. The first kappa shape index (κ1) is 23.7. The number of hydrogen-bond acceptors (Lipinski definition) is 9. The summed E-state index contributed by atoms with van der Waals surface area (Å²) in [7, 11) is 3.63. The number of likely N-dealkylation sites (tertiary alicyclic amines) is 1. The molecule has 0 aromatic heterocycles. The lowest BCUT2D eigenvalue weighted by Crippen LogP contribution is -2.70. The number of phenols is 1. The highest BCUT2D eigenvalue weighted by Crippen LogP contribution is 2.56. The zero-order valence-electron chi connectivity index (χ0n) is 19.8. The molecule has 5 N–H and O–H groups in total. The quantitative estimate of drug-likeness (QED) is 0.187. The first-order valence-electron chi connectivity index (χ1n) is 11.9. The topological polar surface area (TPSA) is 147 Å². The van der Waals surface area contributed by atoms with Crippen molar-refractivity contribution < 1.29 is 34.8 Å². The van der Waals surface area contributed by atoms with Crippen molar-refractivity contribution in [3.63, 3.8) is 0 Å². The second-order valence-corrected chi connectivity index (χ2v) is 10.4. The van der Waals surface area contributed by atoms with E-state index >= 15 is 0 Å². The molecule has 186 valence electrons. The summed E-state index contributed by atoms with van der Waals surface area (Å²) in [6.45, 7) is 0.966. The normalized spacial score (nSPS) is 34.3. The van der Waals surface area contributed by atoms with Gasteiger partial charge in [0.15, 0.2) is 11.4 Å². The Balaban J connectivity index is 1.66. The van der Waals surface area contributed by atoms with Crippen molar-refractivity contribution in [2.75, 3.05) is 27.2 Å². The van der Waals surface area contributed by atoms with Gasteiger partial charge in [0, 0.05) is 30.0 Å². The second-order valence-electron chi connectivity index (χ2n) is 10.4. The Labute approximate surface area is 202 Å². The number of Topliss-reactive ketones (excluding diaryl/α,β-unsaturated/α-hetero) is 3. The summed E-state index contributed by atoms with van der Waals surface area (Å²) < 4.78 is 0. The predicted octanol–water partition coefficient (Wildman–Crippen LogP) is 1.49. The van der Waals surface area contributed by atoms with Gasteiger partial charge in [-0.15, -0.1) is 0 Å². The molecule has 5 rings (SSSR count).